The van der Waals surface area contributed by atoms with Gasteiger partial charge in [-0.05, 0) is 42.0 Å². The minimum atomic E-state index is -0.371. The Labute approximate surface area is 157 Å². The van der Waals surface area contributed by atoms with Crippen LogP contribution in [0, 0.1) is 0 Å². The number of hydrazine groups is 1. The second-order valence-corrected chi connectivity index (χ2v) is 5.55. The first kappa shape index (κ1) is 19.3. The average Bonchev–Trinajstić information content (AvgIpc) is 2.69. The van der Waals surface area contributed by atoms with Crippen LogP contribution in [0.3, 0.4) is 0 Å². The first-order chi connectivity index (χ1) is 12.6. The van der Waals surface area contributed by atoms with E-state index in [2.05, 4.69) is 16.2 Å². The van der Waals surface area contributed by atoms with Crippen LogP contribution < -0.4 is 30.4 Å². The van der Waals surface area contributed by atoms with Gasteiger partial charge < -0.3 is 19.5 Å². The maximum Gasteiger partial charge on any atom is 0.276 e. The Morgan fingerprint density at radius 1 is 0.962 bits per heavy atom. The van der Waals surface area contributed by atoms with Crippen molar-refractivity contribution in [3.63, 3.8) is 0 Å². The van der Waals surface area contributed by atoms with Crippen molar-refractivity contribution in [3.8, 4) is 17.2 Å². The first-order valence-electron chi connectivity index (χ1n) is 7.84. The van der Waals surface area contributed by atoms with E-state index in [0.717, 1.165) is 11.3 Å². The average molecular weight is 375 g/mol. The lowest BCUT2D eigenvalue weighted by Gasteiger charge is -2.13. The van der Waals surface area contributed by atoms with Crippen molar-refractivity contribution < 1.29 is 19.0 Å². The lowest BCUT2D eigenvalue weighted by atomic mass is 10.2. The zero-order valence-electron chi connectivity index (χ0n) is 14.6. The molecule has 0 atom stereocenters. The molecule has 1 amide bonds. The summed E-state index contributed by atoms with van der Waals surface area (Å²) in [5.41, 5.74) is 6.12. The Kier molecular flexibility index (Phi) is 7.50. The highest BCUT2D eigenvalue weighted by Gasteiger charge is 2.07. The number of methoxy groups -OCH3 is 2. The number of nitrogens with one attached hydrogen (secondary N) is 3. The maximum absolute atomic E-state index is 11.8. The molecule has 0 aliphatic heterocycles. The summed E-state index contributed by atoms with van der Waals surface area (Å²) < 4.78 is 15.7. The quantitative estimate of drug-likeness (QED) is 0.503. The normalized spacial score (nSPS) is 9.77. The summed E-state index contributed by atoms with van der Waals surface area (Å²) in [7, 11) is 3.16. The van der Waals surface area contributed by atoms with Crippen molar-refractivity contribution in [2.24, 2.45) is 0 Å². The van der Waals surface area contributed by atoms with Gasteiger partial charge in [-0.3, -0.25) is 15.6 Å². The third kappa shape index (κ3) is 6.14. The molecule has 2 aromatic carbocycles. The number of carbonyl (C=O) groups is 1. The molecule has 0 aliphatic rings. The van der Waals surface area contributed by atoms with Gasteiger partial charge in [-0.2, -0.15) is 0 Å². The molecule has 0 radical (unpaired) electrons. The van der Waals surface area contributed by atoms with Crippen LogP contribution in [0.15, 0.2) is 48.5 Å². The molecule has 7 nitrogen and oxygen atoms in total. The molecule has 2 rings (SSSR count). The summed E-state index contributed by atoms with van der Waals surface area (Å²) in [5.74, 6) is 1.47. The van der Waals surface area contributed by atoms with Gasteiger partial charge in [0.2, 0.25) is 0 Å². The summed E-state index contributed by atoms with van der Waals surface area (Å²) >= 11 is 5.11. The predicted molar refractivity (Wildman–Crippen MR) is 102 cm³/mol. The van der Waals surface area contributed by atoms with E-state index in [1.165, 1.54) is 7.11 Å². The minimum Gasteiger partial charge on any atom is -0.497 e. The molecule has 0 bridgehead atoms. The maximum atomic E-state index is 11.8. The van der Waals surface area contributed by atoms with Crippen LogP contribution in [0.4, 0.5) is 0 Å². The summed E-state index contributed by atoms with van der Waals surface area (Å²) in [6.45, 7) is 0.345. The van der Waals surface area contributed by atoms with Gasteiger partial charge in [-0.25, -0.2) is 0 Å². The van der Waals surface area contributed by atoms with E-state index in [0.29, 0.717) is 23.2 Å². The molecule has 138 valence electrons. The molecule has 0 saturated heterocycles. The Bertz CT molecular complexity index is 737. The van der Waals surface area contributed by atoms with E-state index in [4.69, 9.17) is 26.4 Å². The fourth-order valence-electron chi connectivity index (χ4n) is 2.01. The fourth-order valence-corrected chi connectivity index (χ4v) is 2.14. The van der Waals surface area contributed by atoms with E-state index in [1.807, 2.05) is 30.3 Å². The number of benzene rings is 2. The van der Waals surface area contributed by atoms with Crippen molar-refractivity contribution in [3.05, 3.63) is 54.1 Å². The highest BCUT2D eigenvalue weighted by Crippen LogP contribution is 2.25. The molecule has 0 spiro atoms. The molecular formula is C18H21N3O4S. The standard InChI is InChI=1S/C18H21N3O4S/c1-23-14-9-7-13(8-10-14)11-19-18(26)21-20-17(22)12-25-16-6-4-3-5-15(16)24-2/h3-10H,11-12H2,1-2H3,(H,20,22)(H2,19,21,26). The van der Waals surface area contributed by atoms with Crippen molar-refractivity contribution in [1.29, 1.82) is 0 Å². The molecular weight excluding hydrogens is 354 g/mol. The van der Waals surface area contributed by atoms with Gasteiger partial charge in [0.05, 0.1) is 14.2 Å². The minimum absolute atomic E-state index is 0.172. The summed E-state index contributed by atoms with van der Waals surface area (Å²) in [5, 5.41) is 3.29. The van der Waals surface area contributed by atoms with Gasteiger partial charge in [0, 0.05) is 6.54 Å². The molecule has 0 aliphatic carbocycles. The molecule has 0 unspecified atom stereocenters. The van der Waals surface area contributed by atoms with Crippen LogP contribution in [0.5, 0.6) is 17.2 Å². The number of rotatable bonds is 7. The monoisotopic (exact) mass is 375 g/mol. The lowest BCUT2D eigenvalue weighted by Crippen LogP contribution is -2.48. The van der Waals surface area contributed by atoms with Gasteiger partial charge in [-0.15, -0.1) is 0 Å². The van der Waals surface area contributed by atoms with E-state index >= 15 is 0 Å². The van der Waals surface area contributed by atoms with Crippen LogP contribution in [-0.2, 0) is 11.3 Å². The van der Waals surface area contributed by atoms with E-state index in [9.17, 15) is 4.79 Å². The summed E-state index contributed by atoms with van der Waals surface area (Å²) in [6.07, 6.45) is 0. The van der Waals surface area contributed by atoms with Gasteiger partial charge in [0.15, 0.2) is 23.2 Å². The van der Waals surface area contributed by atoms with Crippen molar-refractivity contribution in [2.75, 3.05) is 20.8 Å². The number of para-hydroxylation sites is 2. The second-order valence-electron chi connectivity index (χ2n) is 5.14. The van der Waals surface area contributed by atoms with Gasteiger partial charge in [0.25, 0.3) is 5.91 Å². The fraction of sp³-hybridized carbons (Fsp3) is 0.222. The van der Waals surface area contributed by atoms with E-state index in [-0.39, 0.29) is 12.5 Å². The van der Waals surface area contributed by atoms with E-state index < -0.39 is 0 Å². The van der Waals surface area contributed by atoms with Crippen molar-refractivity contribution in [2.45, 2.75) is 6.54 Å². The number of ether oxygens (including phenoxy) is 3. The summed E-state index contributed by atoms with van der Waals surface area (Å²) in [4.78, 5) is 11.8. The molecule has 0 saturated carbocycles. The Morgan fingerprint density at radius 2 is 1.65 bits per heavy atom. The molecule has 0 aromatic heterocycles. The zero-order chi connectivity index (χ0) is 18.8. The van der Waals surface area contributed by atoms with Crippen LogP contribution in [-0.4, -0.2) is 31.8 Å². The predicted octanol–water partition coefficient (Wildman–Crippen LogP) is 1.78. The van der Waals surface area contributed by atoms with Gasteiger partial charge in [0.1, 0.15) is 5.75 Å². The molecule has 8 heteroatoms. The number of hydrogen-bond acceptors (Lipinski definition) is 5. The van der Waals surface area contributed by atoms with Crippen molar-refractivity contribution in [1.82, 2.24) is 16.2 Å². The van der Waals surface area contributed by atoms with Gasteiger partial charge >= 0.3 is 0 Å². The van der Waals surface area contributed by atoms with Crippen LogP contribution in [0.25, 0.3) is 0 Å². The Hall–Kier alpha value is -3.00. The molecule has 26 heavy (non-hydrogen) atoms. The number of amides is 1. The Morgan fingerprint density at radius 3 is 2.31 bits per heavy atom. The third-order valence-electron chi connectivity index (χ3n) is 3.36. The number of hydrogen-bond donors (Lipinski definition) is 3. The topological polar surface area (TPSA) is 80.9 Å². The molecule has 0 heterocycles. The highest BCUT2D eigenvalue weighted by atomic mass is 32.1. The van der Waals surface area contributed by atoms with E-state index in [1.54, 1.807) is 25.3 Å². The molecule has 2 aromatic rings. The smallest absolute Gasteiger partial charge is 0.276 e. The zero-order valence-corrected chi connectivity index (χ0v) is 15.4. The number of thiocarbonyl (C=S) groups is 1. The second kappa shape index (κ2) is 10.1. The van der Waals surface area contributed by atoms with Crippen LogP contribution in [0.2, 0.25) is 0 Å². The largest absolute Gasteiger partial charge is 0.497 e. The highest BCUT2D eigenvalue weighted by molar-refractivity contribution is 7.80. The lowest BCUT2D eigenvalue weighted by molar-refractivity contribution is -0.123. The number of carbonyl (C=O) groups excluding carboxylic acids is 1. The third-order valence-corrected chi connectivity index (χ3v) is 3.60. The van der Waals surface area contributed by atoms with Crippen LogP contribution in [0.1, 0.15) is 5.56 Å². The Balaban J connectivity index is 1.68. The first-order valence-corrected chi connectivity index (χ1v) is 8.24. The van der Waals surface area contributed by atoms with Gasteiger partial charge in [-0.1, -0.05) is 24.3 Å². The summed E-state index contributed by atoms with van der Waals surface area (Å²) in [6, 6.07) is 14.7. The molecule has 0 fully saturated rings. The SMILES string of the molecule is COc1ccc(CNC(=S)NNC(=O)COc2ccccc2OC)cc1. The van der Waals surface area contributed by atoms with Crippen LogP contribution >= 0.6 is 12.2 Å². The van der Waals surface area contributed by atoms with Crippen molar-refractivity contribution >= 4 is 23.2 Å². The molecule has 3 N–H and O–H groups in total.